The number of hydrogen-bond donors (Lipinski definition) is 1. The molecule has 1 spiro atoms. The van der Waals surface area contributed by atoms with Gasteiger partial charge in [0.2, 0.25) is 5.91 Å². The molecule has 22 heavy (non-hydrogen) atoms. The van der Waals surface area contributed by atoms with Crippen molar-refractivity contribution in [3.05, 3.63) is 17.7 Å². The van der Waals surface area contributed by atoms with Crippen LogP contribution in [0.15, 0.2) is 6.20 Å². The highest BCUT2D eigenvalue weighted by molar-refractivity contribution is 5.79. The lowest BCUT2D eigenvalue weighted by Crippen LogP contribution is -2.41. The average Bonchev–Trinajstić information content (AvgIpc) is 3.04. The number of H-pyrrole nitrogens is 1. The number of aryl methyl sites for hydroxylation is 1. The third kappa shape index (κ3) is 3.33. The summed E-state index contributed by atoms with van der Waals surface area (Å²) in [6, 6.07) is 0. The van der Waals surface area contributed by atoms with E-state index in [1.807, 2.05) is 18.0 Å². The molecule has 1 N–H and O–H groups in total. The number of imidazole rings is 1. The zero-order valence-electron chi connectivity index (χ0n) is 13.6. The molecule has 0 aromatic carbocycles. The van der Waals surface area contributed by atoms with Gasteiger partial charge in [0.05, 0.1) is 6.61 Å². The van der Waals surface area contributed by atoms with E-state index < -0.39 is 0 Å². The van der Waals surface area contributed by atoms with Crippen LogP contribution in [-0.2, 0) is 16.1 Å². The number of aromatic amines is 1. The lowest BCUT2D eigenvalue weighted by atomic mass is 9.77. The number of hydrogen-bond acceptors (Lipinski definition) is 4. The van der Waals surface area contributed by atoms with E-state index in [2.05, 4.69) is 14.9 Å². The van der Waals surface area contributed by atoms with E-state index in [0.717, 1.165) is 51.4 Å². The van der Waals surface area contributed by atoms with Gasteiger partial charge in [-0.3, -0.25) is 9.69 Å². The number of carbonyl (C=O) groups is 1. The van der Waals surface area contributed by atoms with E-state index in [-0.39, 0.29) is 5.41 Å². The molecular weight excluding hydrogens is 280 g/mol. The number of piperidine rings is 1. The Morgan fingerprint density at radius 2 is 2.18 bits per heavy atom. The van der Waals surface area contributed by atoms with Gasteiger partial charge in [0, 0.05) is 45.1 Å². The molecule has 0 radical (unpaired) electrons. The molecule has 122 valence electrons. The Morgan fingerprint density at radius 1 is 1.41 bits per heavy atom. The molecule has 3 heterocycles. The van der Waals surface area contributed by atoms with Crippen LogP contribution in [0.25, 0.3) is 0 Å². The third-order valence-corrected chi connectivity index (χ3v) is 5.04. The molecule has 0 aliphatic carbocycles. The Labute approximate surface area is 131 Å². The van der Waals surface area contributed by atoms with Crippen molar-refractivity contribution in [1.82, 2.24) is 19.8 Å². The molecule has 0 saturated carbocycles. The number of rotatable bonds is 5. The van der Waals surface area contributed by atoms with Crippen LogP contribution in [0.3, 0.4) is 0 Å². The van der Waals surface area contributed by atoms with Crippen molar-refractivity contribution in [1.29, 1.82) is 0 Å². The van der Waals surface area contributed by atoms with Gasteiger partial charge in [-0.25, -0.2) is 4.98 Å². The van der Waals surface area contributed by atoms with E-state index >= 15 is 0 Å². The van der Waals surface area contributed by atoms with E-state index in [1.54, 1.807) is 7.11 Å². The van der Waals surface area contributed by atoms with Gasteiger partial charge >= 0.3 is 0 Å². The zero-order chi connectivity index (χ0) is 15.6. The maximum atomic E-state index is 12.2. The molecule has 1 aromatic heterocycles. The van der Waals surface area contributed by atoms with Gasteiger partial charge < -0.3 is 14.6 Å². The fourth-order valence-electron chi connectivity index (χ4n) is 3.70. The minimum Gasteiger partial charge on any atom is -0.383 e. The first kappa shape index (κ1) is 15.5. The molecule has 0 unspecified atom stereocenters. The molecule has 2 fully saturated rings. The number of nitrogens with zero attached hydrogens (tertiary/aromatic N) is 3. The van der Waals surface area contributed by atoms with Crippen molar-refractivity contribution >= 4 is 5.91 Å². The normalized spacial score (nSPS) is 21.9. The first-order chi connectivity index (χ1) is 10.6. The van der Waals surface area contributed by atoms with Gasteiger partial charge in [-0.2, -0.15) is 0 Å². The van der Waals surface area contributed by atoms with E-state index in [4.69, 9.17) is 4.74 Å². The minimum absolute atomic E-state index is 0.200. The smallest absolute Gasteiger partial charge is 0.223 e. The predicted octanol–water partition coefficient (Wildman–Crippen LogP) is 1.18. The van der Waals surface area contributed by atoms with Crippen LogP contribution in [0, 0.1) is 12.3 Å². The topological polar surface area (TPSA) is 61.5 Å². The second kappa shape index (κ2) is 6.38. The fraction of sp³-hybridized carbons (Fsp3) is 0.750. The van der Waals surface area contributed by atoms with Crippen molar-refractivity contribution in [2.45, 2.75) is 32.7 Å². The van der Waals surface area contributed by atoms with Crippen molar-refractivity contribution in [2.24, 2.45) is 5.41 Å². The molecule has 3 rings (SSSR count). The molecule has 6 nitrogen and oxygen atoms in total. The van der Waals surface area contributed by atoms with Crippen LogP contribution in [0.5, 0.6) is 0 Å². The van der Waals surface area contributed by atoms with Gasteiger partial charge in [-0.1, -0.05) is 0 Å². The molecular formula is C16H26N4O2. The SMILES string of the molecule is COCCN1CC2(CCN(Cc3cnc(C)[nH]3)CC2)CC1=O. The minimum atomic E-state index is 0.200. The largest absolute Gasteiger partial charge is 0.383 e. The standard InChI is InChI=1S/C16H26N4O2/c1-13-17-10-14(18-13)11-19-5-3-16(4-6-19)9-15(21)20(12-16)7-8-22-2/h10H,3-9,11-12H2,1-2H3,(H,17,18). The maximum absolute atomic E-state index is 12.2. The van der Waals surface area contributed by atoms with Gasteiger partial charge in [0.15, 0.2) is 0 Å². The molecule has 0 atom stereocenters. The van der Waals surface area contributed by atoms with Crippen molar-refractivity contribution in [3.8, 4) is 0 Å². The van der Waals surface area contributed by atoms with E-state index in [9.17, 15) is 4.79 Å². The summed E-state index contributed by atoms with van der Waals surface area (Å²) >= 11 is 0. The summed E-state index contributed by atoms with van der Waals surface area (Å²) in [5.74, 6) is 1.27. The summed E-state index contributed by atoms with van der Waals surface area (Å²) in [5.41, 5.74) is 1.38. The third-order valence-electron chi connectivity index (χ3n) is 5.04. The van der Waals surface area contributed by atoms with Gasteiger partial charge in [0.1, 0.15) is 5.82 Å². The molecule has 1 amide bonds. The number of carbonyl (C=O) groups excluding carboxylic acids is 1. The number of likely N-dealkylation sites (tertiary alicyclic amines) is 2. The number of aromatic nitrogens is 2. The van der Waals surface area contributed by atoms with E-state index in [1.165, 1.54) is 5.69 Å². The highest BCUT2D eigenvalue weighted by Crippen LogP contribution is 2.41. The Bertz CT molecular complexity index is 520. The Hall–Kier alpha value is -1.40. The van der Waals surface area contributed by atoms with Crippen molar-refractivity contribution in [2.75, 3.05) is 39.9 Å². The summed E-state index contributed by atoms with van der Waals surface area (Å²) < 4.78 is 5.10. The maximum Gasteiger partial charge on any atom is 0.223 e. The summed E-state index contributed by atoms with van der Waals surface area (Å²) in [6.45, 7) is 7.30. The monoisotopic (exact) mass is 306 g/mol. The second-order valence-corrected chi connectivity index (χ2v) is 6.75. The number of nitrogens with one attached hydrogen (secondary N) is 1. The number of ether oxygens (including phenoxy) is 1. The summed E-state index contributed by atoms with van der Waals surface area (Å²) in [5, 5.41) is 0. The summed E-state index contributed by atoms with van der Waals surface area (Å²) in [4.78, 5) is 24.2. The molecule has 0 bridgehead atoms. The highest BCUT2D eigenvalue weighted by atomic mass is 16.5. The van der Waals surface area contributed by atoms with Crippen LogP contribution < -0.4 is 0 Å². The Morgan fingerprint density at radius 3 is 2.82 bits per heavy atom. The highest BCUT2D eigenvalue weighted by Gasteiger charge is 2.44. The van der Waals surface area contributed by atoms with Gasteiger partial charge in [-0.05, 0) is 38.3 Å². The van der Waals surface area contributed by atoms with Crippen LogP contribution in [0.4, 0.5) is 0 Å². The van der Waals surface area contributed by atoms with Gasteiger partial charge in [-0.15, -0.1) is 0 Å². The first-order valence-electron chi connectivity index (χ1n) is 8.10. The van der Waals surface area contributed by atoms with Crippen LogP contribution >= 0.6 is 0 Å². The number of methoxy groups -OCH3 is 1. The summed E-state index contributed by atoms with van der Waals surface area (Å²) in [7, 11) is 1.69. The fourth-order valence-corrected chi connectivity index (χ4v) is 3.70. The first-order valence-corrected chi connectivity index (χ1v) is 8.10. The van der Waals surface area contributed by atoms with Crippen LogP contribution in [-0.4, -0.2) is 65.6 Å². The molecule has 6 heteroatoms. The predicted molar refractivity (Wildman–Crippen MR) is 83.3 cm³/mol. The lowest BCUT2D eigenvalue weighted by molar-refractivity contribution is -0.128. The van der Waals surface area contributed by atoms with Crippen LogP contribution in [0.1, 0.15) is 30.8 Å². The quantitative estimate of drug-likeness (QED) is 0.887. The summed E-state index contributed by atoms with van der Waals surface area (Å²) in [6.07, 6.45) is 4.85. The Balaban J connectivity index is 1.52. The van der Waals surface area contributed by atoms with Crippen molar-refractivity contribution < 1.29 is 9.53 Å². The molecule has 2 aliphatic heterocycles. The molecule has 2 aliphatic rings. The second-order valence-electron chi connectivity index (χ2n) is 6.75. The molecule has 1 aromatic rings. The van der Waals surface area contributed by atoms with Crippen molar-refractivity contribution in [3.63, 3.8) is 0 Å². The Kier molecular flexibility index (Phi) is 4.49. The van der Waals surface area contributed by atoms with E-state index in [0.29, 0.717) is 18.9 Å². The number of amides is 1. The van der Waals surface area contributed by atoms with Crippen LogP contribution in [0.2, 0.25) is 0 Å². The van der Waals surface area contributed by atoms with Gasteiger partial charge in [0.25, 0.3) is 0 Å². The molecule has 2 saturated heterocycles. The average molecular weight is 306 g/mol. The lowest BCUT2D eigenvalue weighted by Gasteiger charge is -2.38. The zero-order valence-corrected chi connectivity index (χ0v) is 13.6.